The van der Waals surface area contributed by atoms with Crippen molar-refractivity contribution in [2.24, 2.45) is 11.7 Å². The number of rotatable bonds is 4. The Balaban J connectivity index is 2.23. The molecule has 0 saturated heterocycles. The van der Waals surface area contributed by atoms with E-state index in [0.29, 0.717) is 19.4 Å². The molecule has 0 bridgehead atoms. The first-order chi connectivity index (χ1) is 8.45. The van der Waals surface area contributed by atoms with Crippen molar-refractivity contribution in [3.8, 4) is 0 Å². The molecule has 2 rings (SSSR count). The highest BCUT2D eigenvalue weighted by Gasteiger charge is 2.38. The third kappa shape index (κ3) is 2.40. The number of alkyl halides is 2. The standard InChI is InChI=1S/C12H15F2NO2S/c13-12(14)9-2-1-3-10(6-9)18(16,17)11-4-8(5-11)7-15/h1-3,6,8,11-12H,4-5,7,15H2. The van der Waals surface area contributed by atoms with Crippen LogP contribution in [0, 0.1) is 5.92 Å². The average Bonchev–Trinajstić information content (AvgIpc) is 2.27. The molecule has 1 fully saturated rings. The molecule has 18 heavy (non-hydrogen) atoms. The predicted octanol–water partition coefficient (Wildman–Crippen LogP) is 2.14. The topological polar surface area (TPSA) is 60.2 Å². The minimum Gasteiger partial charge on any atom is -0.330 e. The van der Waals surface area contributed by atoms with Gasteiger partial charge in [-0.05, 0) is 37.4 Å². The Morgan fingerprint density at radius 3 is 2.56 bits per heavy atom. The van der Waals surface area contributed by atoms with E-state index >= 15 is 0 Å². The summed E-state index contributed by atoms with van der Waals surface area (Å²) >= 11 is 0. The number of nitrogens with two attached hydrogens (primary N) is 1. The summed E-state index contributed by atoms with van der Waals surface area (Å²) in [7, 11) is -3.49. The molecule has 1 aliphatic carbocycles. The lowest BCUT2D eigenvalue weighted by molar-refractivity contribution is 0.151. The van der Waals surface area contributed by atoms with Crippen LogP contribution in [0.15, 0.2) is 29.2 Å². The van der Waals surface area contributed by atoms with Crippen LogP contribution in [-0.4, -0.2) is 20.2 Å². The van der Waals surface area contributed by atoms with Crippen molar-refractivity contribution < 1.29 is 17.2 Å². The van der Waals surface area contributed by atoms with E-state index in [1.54, 1.807) is 0 Å². The summed E-state index contributed by atoms with van der Waals surface area (Å²) in [6.07, 6.45) is -1.60. The van der Waals surface area contributed by atoms with Gasteiger partial charge in [-0.3, -0.25) is 0 Å². The van der Waals surface area contributed by atoms with E-state index in [4.69, 9.17) is 5.73 Å². The first-order valence-corrected chi connectivity index (χ1v) is 7.32. The maximum Gasteiger partial charge on any atom is 0.263 e. The van der Waals surface area contributed by atoms with Crippen LogP contribution in [0.25, 0.3) is 0 Å². The van der Waals surface area contributed by atoms with Crippen molar-refractivity contribution in [1.82, 2.24) is 0 Å². The van der Waals surface area contributed by atoms with Gasteiger partial charge in [0.05, 0.1) is 10.1 Å². The van der Waals surface area contributed by atoms with Gasteiger partial charge in [0.2, 0.25) is 0 Å². The average molecular weight is 275 g/mol. The molecule has 0 unspecified atom stereocenters. The minimum atomic E-state index is -3.49. The van der Waals surface area contributed by atoms with Crippen molar-refractivity contribution in [3.05, 3.63) is 29.8 Å². The maximum absolute atomic E-state index is 12.5. The second-order valence-electron chi connectivity index (χ2n) is 4.61. The van der Waals surface area contributed by atoms with Gasteiger partial charge in [-0.15, -0.1) is 0 Å². The lowest BCUT2D eigenvalue weighted by atomic mass is 9.85. The van der Waals surface area contributed by atoms with Gasteiger partial charge in [0, 0.05) is 5.56 Å². The molecule has 1 aromatic carbocycles. The van der Waals surface area contributed by atoms with E-state index in [1.807, 2.05) is 0 Å². The highest BCUT2D eigenvalue weighted by molar-refractivity contribution is 7.92. The molecule has 0 amide bonds. The Morgan fingerprint density at radius 2 is 2.00 bits per heavy atom. The Kier molecular flexibility index (Phi) is 3.68. The molecule has 0 atom stereocenters. The first kappa shape index (κ1) is 13.4. The summed E-state index contributed by atoms with van der Waals surface area (Å²) in [6.45, 7) is 0.475. The zero-order valence-electron chi connectivity index (χ0n) is 9.72. The minimum absolute atomic E-state index is 0.0132. The molecule has 6 heteroatoms. The molecule has 0 aliphatic heterocycles. The van der Waals surface area contributed by atoms with Crippen LogP contribution in [0.4, 0.5) is 8.78 Å². The van der Waals surface area contributed by atoms with E-state index in [-0.39, 0.29) is 16.4 Å². The fourth-order valence-corrected chi connectivity index (χ4v) is 4.14. The van der Waals surface area contributed by atoms with E-state index in [9.17, 15) is 17.2 Å². The van der Waals surface area contributed by atoms with Crippen molar-refractivity contribution in [1.29, 1.82) is 0 Å². The van der Waals surface area contributed by atoms with Gasteiger partial charge >= 0.3 is 0 Å². The molecule has 2 N–H and O–H groups in total. The molecule has 100 valence electrons. The summed E-state index contributed by atoms with van der Waals surface area (Å²) in [5.41, 5.74) is 5.19. The van der Waals surface area contributed by atoms with Crippen LogP contribution in [0.5, 0.6) is 0 Å². The van der Waals surface area contributed by atoms with Gasteiger partial charge in [0.15, 0.2) is 9.84 Å². The Hall–Kier alpha value is -1.01. The SMILES string of the molecule is NCC1CC(S(=O)(=O)c2cccc(C(F)F)c2)C1. The van der Waals surface area contributed by atoms with Crippen LogP contribution >= 0.6 is 0 Å². The molecule has 1 saturated carbocycles. The van der Waals surface area contributed by atoms with Crippen LogP contribution in [0.2, 0.25) is 0 Å². The van der Waals surface area contributed by atoms with E-state index in [1.165, 1.54) is 18.2 Å². The third-order valence-electron chi connectivity index (χ3n) is 3.40. The highest BCUT2D eigenvalue weighted by atomic mass is 32.2. The second kappa shape index (κ2) is 4.93. The normalized spacial score (nSPS) is 24.0. The molecule has 0 aromatic heterocycles. The maximum atomic E-state index is 12.5. The second-order valence-corrected chi connectivity index (χ2v) is 6.84. The van der Waals surface area contributed by atoms with Crippen LogP contribution in [0.3, 0.4) is 0 Å². The molecule has 1 aliphatic rings. The largest absolute Gasteiger partial charge is 0.330 e. The van der Waals surface area contributed by atoms with Crippen molar-refractivity contribution in [2.45, 2.75) is 29.4 Å². The lowest BCUT2D eigenvalue weighted by Gasteiger charge is -2.33. The van der Waals surface area contributed by atoms with Gasteiger partial charge in [0.25, 0.3) is 6.43 Å². The molecule has 1 aromatic rings. The van der Waals surface area contributed by atoms with Crippen LogP contribution in [0.1, 0.15) is 24.8 Å². The monoisotopic (exact) mass is 275 g/mol. The van der Waals surface area contributed by atoms with Crippen LogP contribution in [-0.2, 0) is 9.84 Å². The Bertz CT molecular complexity index is 525. The molecular weight excluding hydrogens is 260 g/mol. The summed E-state index contributed by atoms with van der Waals surface area (Å²) in [5.74, 6) is 0.239. The molecule has 0 heterocycles. The molecular formula is C12H15F2NO2S. The fraction of sp³-hybridized carbons (Fsp3) is 0.500. The smallest absolute Gasteiger partial charge is 0.263 e. The lowest BCUT2D eigenvalue weighted by Crippen LogP contribution is -2.39. The number of hydrogen-bond donors (Lipinski definition) is 1. The first-order valence-electron chi connectivity index (χ1n) is 5.77. The fourth-order valence-electron chi connectivity index (χ4n) is 2.14. The Labute approximate surface area is 105 Å². The van der Waals surface area contributed by atoms with Crippen molar-refractivity contribution >= 4 is 9.84 Å². The van der Waals surface area contributed by atoms with Gasteiger partial charge in [-0.2, -0.15) is 0 Å². The van der Waals surface area contributed by atoms with Crippen molar-refractivity contribution in [3.63, 3.8) is 0 Å². The van der Waals surface area contributed by atoms with Crippen molar-refractivity contribution in [2.75, 3.05) is 6.54 Å². The number of hydrogen-bond acceptors (Lipinski definition) is 3. The number of halogens is 2. The summed E-state index contributed by atoms with van der Waals surface area (Å²) in [4.78, 5) is -0.0132. The quantitative estimate of drug-likeness (QED) is 0.915. The third-order valence-corrected chi connectivity index (χ3v) is 5.58. The number of benzene rings is 1. The van der Waals surface area contributed by atoms with Gasteiger partial charge < -0.3 is 5.73 Å². The van der Waals surface area contributed by atoms with E-state index in [2.05, 4.69) is 0 Å². The zero-order chi connectivity index (χ0) is 13.3. The summed E-state index contributed by atoms with van der Waals surface area (Å²) in [5, 5.41) is -0.473. The summed E-state index contributed by atoms with van der Waals surface area (Å²) in [6, 6.07) is 5.02. The molecule has 0 radical (unpaired) electrons. The van der Waals surface area contributed by atoms with E-state index < -0.39 is 21.5 Å². The van der Waals surface area contributed by atoms with Gasteiger partial charge in [-0.1, -0.05) is 12.1 Å². The van der Waals surface area contributed by atoms with Gasteiger partial charge in [-0.25, -0.2) is 17.2 Å². The highest BCUT2D eigenvalue weighted by Crippen LogP contribution is 2.36. The number of sulfone groups is 1. The zero-order valence-corrected chi connectivity index (χ0v) is 10.5. The summed E-state index contributed by atoms with van der Waals surface area (Å²) < 4.78 is 49.4. The predicted molar refractivity (Wildman–Crippen MR) is 64.2 cm³/mol. The van der Waals surface area contributed by atoms with Gasteiger partial charge in [0.1, 0.15) is 0 Å². The molecule has 0 spiro atoms. The van der Waals surface area contributed by atoms with E-state index in [0.717, 1.165) is 6.07 Å². The Morgan fingerprint density at radius 1 is 1.33 bits per heavy atom. The molecule has 3 nitrogen and oxygen atoms in total. The van der Waals surface area contributed by atoms with Crippen LogP contribution < -0.4 is 5.73 Å².